The molecule has 1 saturated heterocycles. The third kappa shape index (κ3) is 2.96. The number of hydrogen-bond acceptors (Lipinski definition) is 2. The monoisotopic (exact) mass is 184 g/mol. The van der Waals surface area contributed by atoms with Gasteiger partial charge in [0.1, 0.15) is 0 Å². The Balaban J connectivity index is 2.54. The maximum atomic E-state index is 5.84. The Bertz CT molecular complexity index is 158. The molecule has 1 fully saturated rings. The molecule has 0 amide bonds. The molecule has 1 aliphatic heterocycles. The SMILES string of the molecule is CC(N)CN1CCCC1C(C)(C)C. The van der Waals surface area contributed by atoms with E-state index in [-0.39, 0.29) is 0 Å². The molecule has 1 aliphatic rings. The van der Waals surface area contributed by atoms with E-state index in [0.717, 1.165) is 12.6 Å². The molecule has 2 heteroatoms. The summed E-state index contributed by atoms with van der Waals surface area (Å²) in [4.78, 5) is 2.56. The molecule has 0 aromatic rings. The molecule has 2 nitrogen and oxygen atoms in total. The largest absolute Gasteiger partial charge is 0.327 e. The second-order valence-corrected chi connectivity index (χ2v) is 5.50. The van der Waals surface area contributed by atoms with Crippen molar-refractivity contribution in [1.82, 2.24) is 4.90 Å². The van der Waals surface area contributed by atoms with Crippen molar-refractivity contribution < 1.29 is 0 Å². The van der Waals surface area contributed by atoms with E-state index in [1.807, 2.05) is 0 Å². The zero-order chi connectivity index (χ0) is 10.1. The van der Waals surface area contributed by atoms with Gasteiger partial charge in [0.15, 0.2) is 0 Å². The lowest BCUT2D eigenvalue weighted by atomic mass is 9.85. The fourth-order valence-corrected chi connectivity index (χ4v) is 2.40. The Labute approximate surface area is 82.5 Å². The molecule has 0 saturated carbocycles. The molecule has 1 heterocycles. The van der Waals surface area contributed by atoms with Crippen molar-refractivity contribution in [1.29, 1.82) is 0 Å². The quantitative estimate of drug-likeness (QED) is 0.709. The first-order valence-electron chi connectivity index (χ1n) is 5.41. The van der Waals surface area contributed by atoms with Crippen molar-refractivity contribution in [3.63, 3.8) is 0 Å². The minimum atomic E-state index is 0.308. The van der Waals surface area contributed by atoms with Crippen LogP contribution in [-0.4, -0.2) is 30.1 Å². The van der Waals surface area contributed by atoms with Crippen LogP contribution in [-0.2, 0) is 0 Å². The van der Waals surface area contributed by atoms with Gasteiger partial charge in [0.2, 0.25) is 0 Å². The minimum Gasteiger partial charge on any atom is -0.327 e. The van der Waals surface area contributed by atoms with E-state index in [1.165, 1.54) is 19.4 Å². The molecule has 13 heavy (non-hydrogen) atoms. The predicted molar refractivity (Wildman–Crippen MR) is 57.7 cm³/mol. The van der Waals surface area contributed by atoms with Gasteiger partial charge in [-0.3, -0.25) is 4.90 Å². The van der Waals surface area contributed by atoms with Crippen molar-refractivity contribution in [2.45, 2.75) is 52.6 Å². The molecular formula is C11H24N2. The van der Waals surface area contributed by atoms with Crippen LogP contribution in [0.15, 0.2) is 0 Å². The molecule has 78 valence electrons. The summed E-state index contributed by atoms with van der Waals surface area (Å²) in [5.74, 6) is 0. The summed E-state index contributed by atoms with van der Waals surface area (Å²) in [6.07, 6.45) is 2.69. The van der Waals surface area contributed by atoms with Crippen LogP contribution in [0, 0.1) is 5.41 Å². The van der Waals surface area contributed by atoms with Gasteiger partial charge in [0.05, 0.1) is 0 Å². The van der Waals surface area contributed by atoms with Crippen LogP contribution in [0.3, 0.4) is 0 Å². The van der Waals surface area contributed by atoms with Gasteiger partial charge in [0, 0.05) is 18.6 Å². The fourth-order valence-electron chi connectivity index (χ4n) is 2.40. The standard InChI is InChI=1S/C11H24N2/c1-9(12)8-13-7-5-6-10(13)11(2,3)4/h9-10H,5-8,12H2,1-4H3. The first kappa shape index (κ1) is 11.0. The summed E-state index contributed by atoms with van der Waals surface area (Å²) in [7, 11) is 0. The predicted octanol–water partition coefficient (Wildman–Crippen LogP) is 1.84. The Hall–Kier alpha value is -0.0800. The van der Waals surface area contributed by atoms with Gasteiger partial charge < -0.3 is 5.73 Å². The van der Waals surface area contributed by atoms with Crippen LogP contribution in [0.4, 0.5) is 0 Å². The van der Waals surface area contributed by atoms with Gasteiger partial charge >= 0.3 is 0 Å². The van der Waals surface area contributed by atoms with Gasteiger partial charge in [-0.2, -0.15) is 0 Å². The lowest BCUT2D eigenvalue weighted by Crippen LogP contribution is -2.44. The number of nitrogens with two attached hydrogens (primary N) is 1. The van der Waals surface area contributed by atoms with Crippen molar-refractivity contribution in [3.05, 3.63) is 0 Å². The number of rotatable bonds is 2. The first-order chi connectivity index (χ1) is 5.91. The maximum Gasteiger partial charge on any atom is 0.0145 e. The number of nitrogens with zero attached hydrogens (tertiary/aromatic N) is 1. The smallest absolute Gasteiger partial charge is 0.0145 e. The average molecular weight is 184 g/mol. The van der Waals surface area contributed by atoms with E-state index >= 15 is 0 Å². The Morgan fingerprint density at radius 2 is 2.08 bits per heavy atom. The van der Waals surface area contributed by atoms with Gasteiger partial charge in [-0.05, 0) is 31.7 Å². The molecule has 0 aliphatic carbocycles. The molecule has 0 aromatic carbocycles. The highest BCUT2D eigenvalue weighted by Gasteiger charge is 2.33. The zero-order valence-corrected chi connectivity index (χ0v) is 9.51. The molecule has 0 radical (unpaired) electrons. The average Bonchev–Trinajstić information content (AvgIpc) is 2.31. The lowest BCUT2D eigenvalue weighted by Gasteiger charge is -2.35. The first-order valence-corrected chi connectivity index (χ1v) is 5.41. The van der Waals surface area contributed by atoms with Crippen LogP contribution in [0.25, 0.3) is 0 Å². The Morgan fingerprint density at radius 3 is 2.54 bits per heavy atom. The highest BCUT2D eigenvalue weighted by atomic mass is 15.2. The molecule has 1 rings (SSSR count). The minimum absolute atomic E-state index is 0.308. The van der Waals surface area contributed by atoms with Gasteiger partial charge in [-0.25, -0.2) is 0 Å². The van der Waals surface area contributed by atoms with Crippen LogP contribution < -0.4 is 5.73 Å². The maximum absolute atomic E-state index is 5.84. The fraction of sp³-hybridized carbons (Fsp3) is 1.00. The van der Waals surface area contributed by atoms with E-state index in [4.69, 9.17) is 5.73 Å². The van der Waals surface area contributed by atoms with E-state index in [2.05, 4.69) is 32.6 Å². The summed E-state index contributed by atoms with van der Waals surface area (Å²) in [6.45, 7) is 11.4. The van der Waals surface area contributed by atoms with E-state index in [1.54, 1.807) is 0 Å². The van der Waals surface area contributed by atoms with E-state index in [0.29, 0.717) is 11.5 Å². The van der Waals surface area contributed by atoms with Gasteiger partial charge in [-0.1, -0.05) is 20.8 Å². The highest BCUT2D eigenvalue weighted by molar-refractivity contribution is 4.88. The van der Waals surface area contributed by atoms with Crippen LogP contribution in [0.2, 0.25) is 0 Å². The molecule has 0 aromatic heterocycles. The number of likely N-dealkylation sites (tertiary alicyclic amines) is 1. The normalized spacial score (nSPS) is 27.9. The molecule has 2 unspecified atom stereocenters. The summed E-state index contributed by atoms with van der Waals surface area (Å²) >= 11 is 0. The Morgan fingerprint density at radius 1 is 1.46 bits per heavy atom. The topological polar surface area (TPSA) is 29.3 Å². The molecule has 2 atom stereocenters. The molecule has 2 N–H and O–H groups in total. The van der Waals surface area contributed by atoms with Crippen molar-refractivity contribution >= 4 is 0 Å². The summed E-state index contributed by atoms with van der Waals surface area (Å²) < 4.78 is 0. The second kappa shape index (κ2) is 3.97. The second-order valence-electron chi connectivity index (χ2n) is 5.50. The zero-order valence-electron chi connectivity index (χ0n) is 9.51. The van der Waals surface area contributed by atoms with Crippen molar-refractivity contribution in [3.8, 4) is 0 Å². The summed E-state index contributed by atoms with van der Waals surface area (Å²) in [5, 5.41) is 0. The van der Waals surface area contributed by atoms with Crippen molar-refractivity contribution in [2.24, 2.45) is 11.1 Å². The van der Waals surface area contributed by atoms with E-state index in [9.17, 15) is 0 Å². The van der Waals surface area contributed by atoms with Gasteiger partial charge in [-0.15, -0.1) is 0 Å². The lowest BCUT2D eigenvalue weighted by molar-refractivity contribution is 0.136. The number of hydrogen-bond donors (Lipinski definition) is 1. The van der Waals surface area contributed by atoms with Crippen LogP contribution >= 0.6 is 0 Å². The third-order valence-electron chi connectivity index (χ3n) is 2.89. The summed E-state index contributed by atoms with van der Waals surface area (Å²) in [6, 6.07) is 1.04. The van der Waals surface area contributed by atoms with Gasteiger partial charge in [0.25, 0.3) is 0 Å². The molecule has 0 bridgehead atoms. The van der Waals surface area contributed by atoms with E-state index < -0.39 is 0 Å². The van der Waals surface area contributed by atoms with Crippen LogP contribution in [0.1, 0.15) is 40.5 Å². The van der Waals surface area contributed by atoms with Crippen molar-refractivity contribution in [2.75, 3.05) is 13.1 Å². The molecular weight excluding hydrogens is 160 g/mol. The third-order valence-corrected chi connectivity index (χ3v) is 2.89. The molecule has 0 spiro atoms. The van der Waals surface area contributed by atoms with Crippen LogP contribution in [0.5, 0.6) is 0 Å². The summed E-state index contributed by atoms with van der Waals surface area (Å²) in [5.41, 5.74) is 6.24. The Kier molecular flexibility index (Phi) is 3.36. The highest BCUT2D eigenvalue weighted by Crippen LogP contribution is 2.32.